The van der Waals surface area contributed by atoms with Gasteiger partial charge in [0.05, 0.1) is 6.54 Å². The van der Waals surface area contributed by atoms with E-state index in [1.54, 1.807) is 4.90 Å². The van der Waals surface area contributed by atoms with Gasteiger partial charge in [0.1, 0.15) is 6.54 Å². The van der Waals surface area contributed by atoms with Crippen LogP contribution in [0.2, 0.25) is 5.02 Å². The minimum Gasteiger partial charge on any atom is -0.345 e. The molecule has 3 rings (SSSR count). The third-order valence-electron chi connectivity index (χ3n) is 6.84. The minimum atomic E-state index is -0.102. The van der Waals surface area contributed by atoms with E-state index in [2.05, 4.69) is 36.7 Å². The lowest BCUT2D eigenvalue weighted by Gasteiger charge is -2.31. The largest absolute Gasteiger partial charge is 0.345 e. The van der Waals surface area contributed by atoms with E-state index in [9.17, 15) is 9.59 Å². The molecule has 0 radical (unpaired) electrons. The number of rotatable bonds is 12. The molecular formula is C29H43ClN4O2. The molecule has 2 aromatic rings. The number of halogens is 1. The number of benzene rings is 1. The maximum atomic E-state index is 13.6. The van der Waals surface area contributed by atoms with Gasteiger partial charge in [-0.1, -0.05) is 76.3 Å². The Hall–Kier alpha value is -2.47. The summed E-state index contributed by atoms with van der Waals surface area (Å²) in [7, 11) is 0. The van der Waals surface area contributed by atoms with Gasteiger partial charge >= 0.3 is 6.03 Å². The Morgan fingerprint density at radius 2 is 1.83 bits per heavy atom. The molecule has 7 heteroatoms. The van der Waals surface area contributed by atoms with Gasteiger partial charge in [-0.3, -0.25) is 4.79 Å². The average molecular weight is 515 g/mol. The normalized spacial score (nSPS) is 14.1. The first-order valence-electron chi connectivity index (χ1n) is 13.6. The van der Waals surface area contributed by atoms with Crippen LogP contribution in [0.3, 0.4) is 0 Å². The fourth-order valence-corrected chi connectivity index (χ4v) is 5.02. The third kappa shape index (κ3) is 8.58. The van der Waals surface area contributed by atoms with Crippen molar-refractivity contribution >= 4 is 23.5 Å². The second-order valence-electron chi connectivity index (χ2n) is 10.4. The summed E-state index contributed by atoms with van der Waals surface area (Å²) in [5.74, 6) is 0.310. The van der Waals surface area contributed by atoms with Gasteiger partial charge in [-0.05, 0) is 48.9 Å². The molecule has 1 aliphatic rings. The fraction of sp³-hybridized carbons (Fsp3) is 0.586. The molecule has 0 aliphatic heterocycles. The van der Waals surface area contributed by atoms with Gasteiger partial charge in [-0.25, -0.2) is 4.79 Å². The Balaban J connectivity index is 1.70. The van der Waals surface area contributed by atoms with E-state index in [0.29, 0.717) is 32.1 Å². The highest BCUT2D eigenvalue weighted by Crippen LogP contribution is 2.20. The number of hydrogen-bond donors (Lipinski definition) is 1. The first-order valence-corrected chi connectivity index (χ1v) is 14.0. The Bertz CT molecular complexity index is 968. The quantitative estimate of drug-likeness (QED) is 0.360. The van der Waals surface area contributed by atoms with Gasteiger partial charge < -0.3 is 19.7 Å². The van der Waals surface area contributed by atoms with Crippen molar-refractivity contribution in [3.05, 3.63) is 58.9 Å². The topological polar surface area (TPSA) is 57.6 Å². The molecule has 1 N–H and O–H groups in total. The molecule has 1 aliphatic carbocycles. The highest BCUT2D eigenvalue weighted by atomic mass is 35.5. The first-order chi connectivity index (χ1) is 17.4. The number of aromatic nitrogens is 1. The van der Waals surface area contributed by atoms with Crippen LogP contribution in [-0.2, 0) is 17.9 Å². The molecule has 0 atom stereocenters. The van der Waals surface area contributed by atoms with Crippen LogP contribution in [0.15, 0.2) is 42.6 Å². The van der Waals surface area contributed by atoms with Crippen molar-refractivity contribution in [2.75, 3.05) is 19.6 Å². The molecule has 6 nitrogen and oxygen atoms in total. The molecule has 0 unspecified atom stereocenters. The van der Waals surface area contributed by atoms with E-state index >= 15 is 0 Å². The molecular weight excluding hydrogens is 472 g/mol. The third-order valence-corrected chi connectivity index (χ3v) is 7.21. The van der Waals surface area contributed by atoms with Crippen LogP contribution < -0.4 is 5.32 Å². The highest BCUT2D eigenvalue weighted by molar-refractivity contribution is 6.31. The van der Waals surface area contributed by atoms with Crippen molar-refractivity contribution in [1.29, 1.82) is 0 Å². The molecule has 36 heavy (non-hydrogen) atoms. The highest BCUT2D eigenvalue weighted by Gasteiger charge is 2.25. The van der Waals surface area contributed by atoms with Crippen molar-refractivity contribution in [2.24, 2.45) is 5.92 Å². The number of nitrogens with zero attached hydrogens (tertiary/aromatic N) is 3. The van der Waals surface area contributed by atoms with E-state index in [-0.39, 0.29) is 24.5 Å². The Kier molecular flexibility index (Phi) is 11.2. The van der Waals surface area contributed by atoms with Crippen molar-refractivity contribution in [3.63, 3.8) is 0 Å². The maximum absolute atomic E-state index is 13.6. The molecule has 0 bridgehead atoms. The summed E-state index contributed by atoms with van der Waals surface area (Å²) in [6.45, 7) is 8.84. The van der Waals surface area contributed by atoms with E-state index in [4.69, 9.17) is 11.6 Å². The van der Waals surface area contributed by atoms with Crippen LogP contribution in [0.1, 0.15) is 77.0 Å². The molecule has 198 valence electrons. The average Bonchev–Trinajstić information content (AvgIpc) is 3.29. The number of unbranched alkanes of at least 4 members (excludes halogenated alkanes) is 1. The molecule has 1 aromatic heterocycles. The number of urea groups is 1. The summed E-state index contributed by atoms with van der Waals surface area (Å²) < 4.78 is 2.15. The molecule has 3 amide bonds. The van der Waals surface area contributed by atoms with E-state index < -0.39 is 0 Å². The monoisotopic (exact) mass is 514 g/mol. The Morgan fingerprint density at radius 3 is 2.53 bits per heavy atom. The molecule has 1 aromatic carbocycles. The number of carbonyl (C=O) groups is 2. The van der Waals surface area contributed by atoms with E-state index in [1.807, 2.05) is 41.4 Å². The van der Waals surface area contributed by atoms with E-state index in [1.165, 1.54) is 6.42 Å². The number of hydrogen-bond acceptors (Lipinski definition) is 2. The first kappa shape index (κ1) is 28.1. The molecule has 1 fully saturated rings. The smallest absolute Gasteiger partial charge is 0.318 e. The van der Waals surface area contributed by atoms with Gasteiger partial charge in [-0.15, -0.1) is 0 Å². The zero-order chi connectivity index (χ0) is 25.9. The summed E-state index contributed by atoms with van der Waals surface area (Å²) in [4.78, 5) is 30.3. The summed E-state index contributed by atoms with van der Waals surface area (Å²) >= 11 is 6.40. The van der Waals surface area contributed by atoms with Crippen LogP contribution in [-0.4, -0.2) is 52.0 Å². The molecule has 0 saturated heterocycles. The Morgan fingerprint density at radius 1 is 1.08 bits per heavy atom. The Labute approximate surface area is 222 Å². The summed E-state index contributed by atoms with van der Waals surface area (Å²) in [6, 6.07) is 12.0. The number of amides is 3. The maximum Gasteiger partial charge on any atom is 0.318 e. The number of nitrogens with one attached hydrogen (secondary N) is 1. The summed E-state index contributed by atoms with van der Waals surface area (Å²) in [6.07, 6.45) is 9.52. The second kappa shape index (κ2) is 14.3. The molecule has 0 spiro atoms. The second-order valence-corrected chi connectivity index (χ2v) is 10.9. The lowest BCUT2D eigenvalue weighted by atomic mass is 9.96. The standard InChI is InChI=1S/C29H43ClN4O2/c1-4-5-17-33(29(36)31-25-13-7-6-8-14-25)22-28(35)34(19-23(2)3)21-26-15-11-18-32(26)20-24-12-9-10-16-27(24)30/h9-12,15-16,18,23,25H,4-8,13-14,17,19-22H2,1-3H3,(H,31,36). The predicted octanol–water partition coefficient (Wildman–Crippen LogP) is 6.32. The van der Waals surface area contributed by atoms with E-state index in [0.717, 1.165) is 54.8 Å². The lowest BCUT2D eigenvalue weighted by Crippen LogP contribution is -2.50. The van der Waals surface area contributed by atoms with Crippen molar-refractivity contribution < 1.29 is 9.59 Å². The van der Waals surface area contributed by atoms with Gasteiger partial charge in [0, 0.05) is 42.6 Å². The summed E-state index contributed by atoms with van der Waals surface area (Å²) in [5.41, 5.74) is 2.10. The van der Waals surface area contributed by atoms with Gasteiger partial charge in [-0.2, -0.15) is 0 Å². The van der Waals surface area contributed by atoms with Gasteiger partial charge in [0.25, 0.3) is 0 Å². The van der Waals surface area contributed by atoms with Crippen LogP contribution in [0.5, 0.6) is 0 Å². The van der Waals surface area contributed by atoms with Crippen LogP contribution >= 0.6 is 11.6 Å². The zero-order valence-corrected chi connectivity index (χ0v) is 23.0. The molecule has 1 saturated carbocycles. The molecule has 1 heterocycles. The minimum absolute atomic E-state index is 0.0101. The van der Waals surface area contributed by atoms with Crippen LogP contribution in [0.25, 0.3) is 0 Å². The lowest BCUT2D eigenvalue weighted by molar-refractivity contribution is -0.133. The van der Waals surface area contributed by atoms with Crippen molar-refractivity contribution in [1.82, 2.24) is 19.7 Å². The number of carbonyl (C=O) groups excluding carboxylic acids is 2. The van der Waals surface area contributed by atoms with Gasteiger partial charge in [0.2, 0.25) is 5.91 Å². The predicted molar refractivity (Wildman–Crippen MR) is 147 cm³/mol. The SMILES string of the molecule is CCCCN(CC(=O)N(Cc1cccn1Cc1ccccc1Cl)CC(C)C)C(=O)NC1CCCCC1. The van der Waals surface area contributed by atoms with Crippen LogP contribution in [0.4, 0.5) is 4.79 Å². The zero-order valence-electron chi connectivity index (χ0n) is 22.2. The fourth-order valence-electron chi connectivity index (χ4n) is 4.83. The van der Waals surface area contributed by atoms with Crippen molar-refractivity contribution in [3.8, 4) is 0 Å². The van der Waals surface area contributed by atoms with Gasteiger partial charge in [0.15, 0.2) is 0 Å². The summed E-state index contributed by atoms with van der Waals surface area (Å²) in [5, 5.41) is 3.94. The van der Waals surface area contributed by atoms with Crippen molar-refractivity contribution in [2.45, 2.75) is 84.8 Å². The van der Waals surface area contributed by atoms with Crippen LogP contribution in [0, 0.1) is 5.92 Å².